The SMILES string of the molecule is CO[C@H](C)COC(=O)Cl. The van der Waals surface area contributed by atoms with Gasteiger partial charge in [-0.3, -0.25) is 0 Å². The Balaban J connectivity index is 3.16. The standard InChI is InChI=1S/C5H9ClO3/c1-4(8-2)3-9-5(6)7/h4H,3H2,1-2H3/t4-/m1/s1. The van der Waals surface area contributed by atoms with Crippen LogP contribution >= 0.6 is 11.6 Å². The fourth-order valence-electron chi connectivity index (χ4n) is 0.251. The summed E-state index contributed by atoms with van der Waals surface area (Å²) in [7, 11) is 1.53. The Labute approximate surface area is 58.9 Å². The van der Waals surface area contributed by atoms with Gasteiger partial charge in [0.1, 0.15) is 6.61 Å². The van der Waals surface area contributed by atoms with Gasteiger partial charge in [0.2, 0.25) is 0 Å². The zero-order valence-corrected chi connectivity index (χ0v) is 6.14. The molecule has 0 N–H and O–H groups in total. The van der Waals surface area contributed by atoms with Crippen molar-refractivity contribution in [1.29, 1.82) is 0 Å². The van der Waals surface area contributed by atoms with Gasteiger partial charge in [-0.15, -0.1) is 0 Å². The Bertz CT molecular complexity index is 94.2. The Kier molecular flexibility index (Phi) is 4.44. The van der Waals surface area contributed by atoms with E-state index in [2.05, 4.69) is 4.74 Å². The largest absolute Gasteiger partial charge is 0.451 e. The van der Waals surface area contributed by atoms with Gasteiger partial charge in [-0.1, -0.05) is 0 Å². The lowest BCUT2D eigenvalue weighted by molar-refractivity contribution is 0.0545. The molecule has 0 bridgehead atoms. The predicted molar refractivity (Wildman–Crippen MR) is 33.7 cm³/mol. The third kappa shape index (κ3) is 5.59. The molecule has 0 amide bonds. The van der Waals surface area contributed by atoms with Crippen LogP contribution in [0.2, 0.25) is 0 Å². The maximum atomic E-state index is 9.95. The molecule has 3 nitrogen and oxygen atoms in total. The number of carbonyl (C=O) groups excluding carboxylic acids is 1. The quantitative estimate of drug-likeness (QED) is 0.574. The summed E-state index contributed by atoms with van der Waals surface area (Å²) in [5, 5.41) is 0. The first-order valence-electron chi connectivity index (χ1n) is 2.52. The molecule has 9 heavy (non-hydrogen) atoms. The van der Waals surface area contributed by atoms with Crippen LogP contribution < -0.4 is 0 Å². The number of hydrogen-bond donors (Lipinski definition) is 0. The zero-order chi connectivity index (χ0) is 7.28. The number of methoxy groups -OCH3 is 1. The molecule has 0 fully saturated rings. The highest BCUT2D eigenvalue weighted by molar-refractivity contribution is 6.61. The van der Waals surface area contributed by atoms with Crippen molar-refractivity contribution < 1.29 is 14.3 Å². The van der Waals surface area contributed by atoms with E-state index in [-0.39, 0.29) is 12.7 Å². The molecule has 0 aromatic rings. The van der Waals surface area contributed by atoms with E-state index in [9.17, 15) is 4.79 Å². The monoisotopic (exact) mass is 152 g/mol. The molecule has 0 saturated heterocycles. The minimum Gasteiger partial charge on any atom is -0.451 e. The van der Waals surface area contributed by atoms with E-state index in [0.717, 1.165) is 0 Å². The summed E-state index contributed by atoms with van der Waals surface area (Å²) < 4.78 is 9.16. The molecule has 0 unspecified atom stereocenters. The average molecular weight is 153 g/mol. The normalized spacial score (nSPS) is 12.8. The van der Waals surface area contributed by atoms with Gasteiger partial charge in [0.15, 0.2) is 0 Å². The highest BCUT2D eigenvalue weighted by Crippen LogP contribution is 1.92. The summed E-state index contributed by atoms with van der Waals surface area (Å²) in [6.45, 7) is 1.98. The number of rotatable bonds is 3. The van der Waals surface area contributed by atoms with Crippen molar-refractivity contribution in [3.63, 3.8) is 0 Å². The molecule has 0 aliphatic heterocycles. The topological polar surface area (TPSA) is 35.5 Å². The minimum absolute atomic E-state index is 0.0901. The van der Waals surface area contributed by atoms with Crippen molar-refractivity contribution in [2.45, 2.75) is 13.0 Å². The molecule has 1 atom stereocenters. The van der Waals surface area contributed by atoms with E-state index >= 15 is 0 Å². The Morgan fingerprint density at radius 2 is 2.33 bits per heavy atom. The van der Waals surface area contributed by atoms with Gasteiger partial charge in [0, 0.05) is 18.7 Å². The van der Waals surface area contributed by atoms with Gasteiger partial charge in [-0.25, -0.2) is 4.79 Å². The van der Waals surface area contributed by atoms with Crippen molar-refractivity contribution in [2.24, 2.45) is 0 Å². The molecule has 0 rings (SSSR count). The molecule has 54 valence electrons. The summed E-state index contributed by atoms with van der Waals surface area (Å²) in [6.07, 6.45) is -0.0901. The summed E-state index contributed by atoms with van der Waals surface area (Å²) in [5.41, 5.74) is -0.793. The summed E-state index contributed by atoms with van der Waals surface area (Å²) in [4.78, 5) is 9.95. The first-order valence-corrected chi connectivity index (χ1v) is 2.89. The second-order valence-corrected chi connectivity index (χ2v) is 1.90. The lowest BCUT2D eigenvalue weighted by Crippen LogP contribution is -2.14. The third-order valence-corrected chi connectivity index (χ3v) is 0.943. The van der Waals surface area contributed by atoms with Gasteiger partial charge in [-0.05, 0) is 6.92 Å². The van der Waals surface area contributed by atoms with E-state index in [0.29, 0.717) is 0 Å². The smallest absolute Gasteiger partial charge is 0.403 e. The lowest BCUT2D eigenvalue weighted by atomic mass is 10.4. The molecule has 0 saturated carbocycles. The van der Waals surface area contributed by atoms with Gasteiger partial charge in [-0.2, -0.15) is 0 Å². The maximum absolute atomic E-state index is 9.95. The fraction of sp³-hybridized carbons (Fsp3) is 0.800. The molecule has 4 heteroatoms. The van der Waals surface area contributed by atoms with Crippen LogP contribution in [0.15, 0.2) is 0 Å². The third-order valence-electron chi connectivity index (χ3n) is 0.834. The van der Waals surface area contributed by atoms with Crippen LogP contribution in [0.5, 0.6) is 0 Å². The van der Waals surface area contributed by atoms with E-state index in [4.69, 9.17) is 16.3 Å². The van der Waals surface area contributed by atoms with Gasteiger partial charge < -0.3 is 9.47 Å². The number of carbonyl (C=O) groups is 1. The van der Waals surface area contributed by atoms with Crippen LogP contribution in [0.4, 0.5) is 4.79 Å². The molecule has 0 aromatic carbocycles. The maximum Gasteiger partial charge on any atom is 0.403 e. The Hall–Kier alpha value is -0.280. The van der Waals surface area contributed by atoms with Gasteiger partial charge in [0.05, 0.1) is 6.10 Å². The van der Waals surface area contributed by atoms with Crippen LogP contribution in [0, 0.1) is 0 Å². The molecule has 0 aliphatic rings. The molecular formula is C5H9ClO3. The molecule has 0 spiro atoms. The van der Waals surface area contributed by atoms with Crippen molar-refractivity contribution in [3.8, 4) is 0 Å². The molecule has 0 heterocycles. The van der Waals surface area contributed by atoms with Crippen LogP contribution in [-0.2, 0) is 9.47 Å². The van der Waals surface area contributed by atoms with E-state index in [1.54, 1.807) is 6.92 Å². The Morgan fingerprint density at radius 1 is 1.78 bits per heavy atom. The van der Waals surface area contributed by atoms with Crippen LogP contribution in [0.3, 0.4) is 0 Å². The van der Waals surface area contributed by atoms with Crippen molar-refractivity contribution in [3.05, 3.63) is 0 Å². The van der Waals surface area contributed by atoms with Gasteiger partial charge in [0.25, 0.3) is 0 Å². The minimum atomic E-state index is -0.793. The Morgan fingerprint density at radius 3 is 2.67 bits per heavy atom. The number of ether oxygens (including phenoxy) is 2. The summed E-state index contributed by atoms with van der Waals surface area (Å²) in [6, 6.07) is 0. The van der Waals surface area contributed by atoms with Crippen LogP contribution in [-0.4, -0.2) is 25.2 Å². The van der Waals surface area contributed by atoms with Gasteiger partial charge >= 0.3 is 5.43 Å². The van der Waals surface area contributed by atoms with Crippen LogP contribution in [0.25, 0.3) is 0 Å². The van der Waals surface area contributed by atoms with E-state index in [1.165, 1.54) is 7.11 Å². The first-order chi connectivity index (χ1) is 4.16. The summed E-state index contributed by atoms with van der Waals surface area (Å²) >= 11 is 4.86. The van der Waals surface area contributed by atoms with Crippen molar-refractivity contribution in [2.75, 3.05) is 13.7 Å². The van der Waals surface area contributed by atoms with Crippen molar-refractivity contribution >= 4 is 17.0 Å². The second kappa shape index (κ2) is 4.58. The predicted octanol–water partition coefficient (Wildman–Crippen LogP) is 1.40. The number of halogens is 1. The second-order valence-electron chi connectivity index (χ2n) is 1.59. The highest BCUT2D eigenvalue weighted by Gasteiger charge is 2.01. The average Bonchev–Trinajstić information content (AvgIpc) is 1.83. The fourth-order valence-corrected chi connectivity index (χ4v) is 0.314. The first kappa shape index (κ1) is 8.72. The highest BCUT2D eigenvalue weighted by atomic mass is 35.5. The lowest BCUT2D eigenvalue weighted by Gasteiger charge is -2.06. The number of hydrogen-bond acceptors (Lipinski definition) is 3. The van der Waals surface area contributed by atoms with Crippen molar-refractivity contribution in [1.82, 2.24) is 0 Å². The molecular weight excluding hydrogens is 144 g/mol. The van der Waals surface area contributed by atoms with Crippen LogP contribution in [0.1, 0.15) is 6.92 Å². The molecule has 0 aromatic heterocycles. The molecule has 0 radical (unpaired) electrons. The summed E-state index contributed by atoms with van der Waals surface area (Å²) in [5.74, 6) is 0. The van der Waals surface area contributed by atoms with E-state index in [1.807, 2.05) is 0 Å². The molecule has 0 aliphatic carbocycles. The van der Waals surface area contributed by atoms with E-state index < -0.39 is 5.43 Å². The zero-order valence-electron chi connectivity index (χ0n) is 5.39.